The molecule has 0 atom stereocenters. The first-order valence-corrected chi connectivity index (χ1v) is 5.63. The van der Waals surface area contributed by atoms with Crippen LogP contribution >= 0.6 is 0 Å². The van der Waals surface area contributed by atoms with Crippen molar-refractivity contribution < 1.29 is 4.39 Å². The molecule has 1 aliphatic carbocycles. The molecule has 0 spiro atoms. The van der Waals surface area contributed by atoms with Gasteiger partial charge in [0, 0.05) is 35.1 Å². The second kappa shape index (κ2) is 3.00. The molecule has 0 radical (unpaired) electrons. The Kier molecular flexibility index (Phi) is 1.82. The zero-order chi connectivity index (χ0) is 11.3. The van der Waals surface area contributed by atoms with E-state index in [1.165, 1.54) is 18.5 Å². The third-order valence-corrected chi connectivity index (χ3v) is 3.63. The Hall–Kier alpha value is -1.51. The summed E-state index contributed by atoms with van der Waals surface area (Å²) in [6.45, 7) is 2.24. The molecule has 0 amide bonds. The molecular weight excluding hydrogens is 203 g/mol. The zero-order valence-electron chi connectivity index (χ0n) is 9.52. The summed E-state index contributed by atoms with van der Waals surface area (Å²) in [6.07, 6.45) is 2.45. The third-order valence-electron chi connectivity index (χ3n) is 3.63. The van der Waals surface area contributed by atoms with E-state index in [1.807, 2.05) is 6.07 Å². The summed E-state index contributed by atoms with van der Waals surface area (Å²) in [4.78, 5) is 3.32. The van der Waals surface area contributed by atoms with Crippen LogP contribution in [-0.2, 0) is 5.41 Å². The van der Waals surface area contributed by atoms with Gasteiger partial charge in [-0.2, -0.15) is 0 Å². The molecule has 1 saturated carbocycles. The van der Waals surface area contributed by atoms with Crippen LogP contribution in [0, 0.1) is 5.82 Å². The lowest BCUT2D eigenvalue weighted by atomic mass is 10.1. The van der Waals surface area contributed by atoms with Gasteiger partial charge in [0.1, 0.15) is 5.82 Å². The topological polar surface area (TPSA) is 27.8 Å². The van der Waals surface area contributed by atoms with Gasteiger partial charge in [0.15, 0.2) is 0 Å². The highest BCUT2D eigenvalue weighted by Gasteiger charge is 2.40. The van der Waals surface area contributed by atoms with Crippen LogP contribution in [0.5, 0.6) is 0 Å². The summed E-state index contributed by atoms with van der Waals surface area (Å²) in [6, 6.07) is 5.56. The maximum atomic E-state index is 13.6. The van der Waals surface area contributed by atoms with Gasteiger partial charge in [0.25, 0.3) is 0 Å². The molecule has 16 heavy (non-hydrogen) atoms. The van der Waals surface area contributed by atoms with E-state index < -0.39 is 0 Å². The molecule has 2 nitrogen and oxygen atoms in total. The van der Waals surface area contributed by atoms with E-state index in [1.54, 1.807) is 13.1 Å². The fourth-order valence-electron chi connectivity index (χ4n) is 2.13. The molecule has 1 heterocycles. The second-order valence-corrected chi connectivity index (χ2v) is 4.91. The number of hydrogen-bond donors (Lipinski definition) is 2. The lowest BCUT2D eigenvalue weighted by Crippen LogP contribution is -1.98. The van der Waals surface area contributed by atoms with Gasteiger partial charge in [-0.15, -0.1) is 0 Å². The average Bonchev–Trinajstić information content (AvgIpc) is 2.88. The molecule has 3 heteroatoms. The largest absolute Gasteiger partial charge is 0.386 e. The molecule has 0 aliphatic heterocycles. The summed E-state index contributed by atoms with van der Waals surface area (Å²) >= 11 is 0. The Balaban J connectivity index is 2.17. The molecule has 1 fully saturated rings. The quantitative estimate of drug-likeness (QED) is 0.794. The van der Waals surface area contributed by atoms with E-state index in [0.717, 1.165) is 10.9 Å². The van der Waals surface area contributed by atoms with E-state index in [0.29, 0.717) is 11.1 Å². The van der Waals surface area contributed by atoms with Crippen molar-refractivity contribution in [3.63, 3.8) is 0 Å². The van der Waals surface area contributed by atoms with Crippen molar-refractivity contribution in [1.29, 1.82) is 0 Å². The Bertz CT molecular complexity index is 552. The highest BCUT2D eigenvalue weighted by atomic mass is 19.1. The highest BCUT2D eigenvalue weighted by Crippen LogP contribution is 2.47. The standard InChI is InChI=1S/C13H15FN2/c1-13(3-4-13)12-6-8-5-11(15-2)9(14)7-10(8)16-12/h5-7,15-16H,3-4H2,1-2H3. The minimum Gasteiger partial charge on any atom is -0.386 e. The van der Waals surface area contributed by atoms with Crippen LogP contribution in [0.1, 0.15) is 25.5 Å². The highest BCUT2D eigenvalue weighted by molar-refractivity contribution is 5.84. The van der Waals surface area contributed by atoms with Crippen LogP contribution in [0.3, 0.4) is 0 Å². The molecule has 2 aromatic rings. The fraction of sp³-hybridized carbons (Fsp3) is 0.385. The van der Waals surface area contributed by atoms with Gasteiger partial charge in [0.2, 0.25) is 0 Å². The van der Waals surface area contributed by atoms with E-state index in [4.69, 9.17) is 0 Å². The Morgan fingerprint density at radius 3 is 2.69 bits per heavy atom. The SMILES string of the molecule is CNc1cc2cc(C3(C)CC3)[nH]c2cc1F. The van der Waals surface area contributed by atoms with Crippen molar-refractivity contribution in [3.8, 4) is 0 Å². The van der Waals surface area contributed by atoms with Gasteiger partial charge < -0.3 is 10.3 Å². The predicted octanol–water partition coefficient (Wildman–Crippen LogP) is 3.40. The summed E-state index contributed by atoms with van der Waals surface area (Å²) in [5.74, 6) is -0.204. The van der Waals surface area contributed by atoms with Gasteiger partial charge in [0.05, 0.1) is 5.69 Å². The lowest BCUT2D eigenvalue weighted by molar-refractivity contribution is 0.633. The van der Waals surface area contributed by atoms with Crippen molar-refractivity contribution in [2.24, 2.45) is 0 Å². The van der Waals surface area contributed by atoms with Crippen molar-refractivity contribution in [2.45, 2.75) is 25.2 Å². The molecule has 1 aliphatic rings. The minimum absolute atomic E-state index is 0.204. The number of aromatic nitrogens is 1. The molecular formula is C13H15FN2. The summed E-state index contributed by atoms with van der Waals surface area (Å²) < 4.78 is 13.6. The first-order valence-electron chi connectivity index (χ1n) is 5.63. The van der Waals surface area contributed by atoms with Crippen molar-refractivity contribution in [2.75, 3.05) is 12.4 Å². The van der Waals surface area contributed by atoms with Gasteiger partial charge in [-0.3, -0.25) is 0 Å². The molecule has 0 saturated heterocycles. The van der Waals surface area contributed by atoms with Crippen molar-refractivity contribution in [1.82, 2.24) is 4.98 Å². The average molecular weight is 218 g/mol. The number of fused-ring (bicyclic) bond motifs is 1. The molecule has 0 bridgehead atoms. The normalized spacial score (nSPS) is 17.7. The number of H-pyrrole nitrogens is 1. The summed E-state index contributed by atoms with van der Waals surface area (Å²) in [5, 5.41) is 3.94. The number of halogens is 1. The Labute approximate surface area is 93.9 Å². The van der Waals surface area contributed by atoms with Crippen LogP contribution in [0.15, 0.2) is 18.2 Å². The minimum atomic E-state index is -0.204. The van der Waals surface area contributed by atoms with Gasteiger partial charge in [-0.05, 0) is 25.0 Å². The van der Waals surface area contributed by atoms with Crippen LogP contribution in [-0.4, -0.2) is 12.0 Å². The number of anilines is 1. The number of benzene rings is 1. The fourth-order valence-corrected chi connectivity index (χ4v) is 2.13. The van der Waals surface area contributed by atoms with E-state index in [-0.39, 0.29) is 5.82 Å². The van der Waals surface area contributed by atoms with Crippen LogP contribution < -0.4 is 5.32 Å². The monoisotopic (exact) mass is 218 g/mol. The first-order chi connectivity index (χ1) is 7.62. The van der Waals surface area contributed by atoms with Crippen LogP contribution in [0.25, 0.3) is 10.9 Å². The predicted molar refractivity (Wildman–Crippen MR) is 64.4 cm³/mol. The molecule has 1 aromatic heterocycles. The number of hydrogen-bond acceptors (Lipinski definition) is 1. The number of aromatic amines is 1. The molecule has 1 aromatic carbocycles. The van der Waals surface area contributed by atoms with Crippen molar-refractivity contribution >= 4 is 16.6 Å². The van der Waals surface area contributed by atoms with Gasteiger partial charge in [-0.1, -0.05) is 6.92 Å². The molecule has 3 rings (SSSR count). The van der Waals surface area contributed by atoms with Crippen molar-refractivity contribution in [3.05, 3.63) is 29.7 Å². The van der Waals surface area contributed by atoms with E-state index >= 15 is 0 Å². The number of nitrogens with one attached hydrogen (secondary N) is 2. The summed E-state index contributed by atoms with van der Waals surface area (Å²) in [7, 11) is 1.74. The van der Waals surface area contributed by atoms with Gasteiger partial charge in [-0.25, -0.2) is 4.39 Å². The second-order valence-electron chi connectivity index (χ2n) is 4.91. The first kappa shape index (κ1) is 9.70. The zero-order valence-corrected chi connectivity index (χ0v) is 9.52. The van der Waals surface area contributed by atoms with Gasteiger partial charge >= 0.3 is 0 Å². The maximum Gasteiger partial charge on any atom is 0.148 e. The van der Waals surface area contributed by atoms with E-state index in [2.05, 4.69) is 23.3 Å². The number of rotatable bonds is 2. The molecule has 2 N–H and O–H groups in total. The smallest absolute Gasteiger partial charge is 0.148 e. The van der Waals surface area contributed by atoms with E-state index in [9.17, 15) is 4.39 Å². The van der Waals surface area contributed by atoms with Crippen LogP contribution in [0.4, 0.5) is 10.1 Å². The third kappa shape index (κ3) is 1.31. The van der Waals surface area contributed by atoms with Crippen LogP contribution in [0.2, 0.25) is 0 Å². The molecule has 0 unspecified atom stereocenters. The molecule has 84 valence electrons. The Morgan fingerprint density at radius 1 is 1.31 bits per heavy atom. The lowest BCUT2D eigenvalue weighted by Gasteiger charge is -2.02. The Morgan fingerprint density at radius 2 is 2.06 bits per heavy atom. The summed E-state index contributed by atoms with van der Waals surface area (Å²) in [5.41, 5.74) is 2.98. The maximum absolute atomic E-state index is 13.6.